The number of aromatic nitrogens is 1. The topological polar surface area (TPSA) is 50.9 Å². The molecule has 0 aromatic carbocycles. The van der Waals surface area contributed by atoms with E-state index in [0.717, 1.165) is 23.6 Å². The number of nitrogens with two attached hydrogens (primary N) is 1. The highest BCUT2D eigenvalue weighted by molar-refractivity contribution is 7.80. The van der Waals surface area contributed by atoms with Crippen molar-refractivity contribution in [3.8, 4) is 0 Å². The second-order valence-corrected chi connectivity index (χ2v) is 5.32. The van der Waals surface area contributed by atoms with Crippen molar-refractivity contribution in [2.75, 3.05) is 11.9 Å². The molecule has 0 spiro atoms. The summed E-state index contributed by atoms with van der Waals surface area (Å²) >= 11 is 5.01. The van der Waals surface area contributed by atoms with Crippen LogP contribution in [-0.2, 0) is 0 Å². The first-order valence-electron chi connectivity index (χ1n) is 5.51. The molecule has 1 fully saturated rings. The number of hydrogen-bond acceptors (Lipinski definition) is 3. The Labute approximate surface area is 101 Å². The van der Waals surface area contributed by atoms with E-state index in [1.165, 1.54) is 12.8 Å². The van der Waals surface area contributed by atoms with E-state index < -0.39 is 0 Å². The maximum absolute atomic E-state index is 5.67. The second-order valence-electron chi connectivity index (χ2n) is 4.88. The SMILES string of the molecule is Cc1ccc(C(N)=S)c(NCC2(C)CC2)n1. The fourth-order valence-corrected chi connectivity index (χ4v) is 1.74. The Morgan fingerprint density at radius 3 is 2.81 bits per heavy atom. The van der Waals surface area contributed by atoms with E-state index in [1.807, 2.05) is 19.1 Å². The van der Waals surface area contributed by atoms with Crippen LogP contribution in [0.2, 0.25) is 0 Å². The lowest BCUT2D eigenvalue weighted by atomic mass is 10.1. The zero-order valence-electron chi connectivity index (χ0n) is 9.71. The van der Waals surface area contributed by atoms with Crippen LogP contribution in [0.15, 0.2) is 12.1 Å². The molecule has 0 atom stereocenters. The highest BCUT2D eigenvalue weighted by atomic mass is 32.1. The molecule has 1 aliphatic rings. The summed E-state index contributed by atoms with van der Waals surface area (Å²) in [6.07, 6.45) is 2.57. The van der Waals surface area contributed by atoms with Gasteiger partial charge in [-0.1, -0.05) is 19.1 Å². The molecule has 2 rings (SSSR count). The molecule has 1 saturated carbocycles. The van der Waals surface area contributed by atoms with Crippen LogP contribution in [0.1, 0.15) is 31.0 Å². The molecule has 1 aromatic rings. The predicted molar refractivity (Wildman–Crippen MR) is 70.7 cm³/mol. The Morgan fingerprint density at radius 2 is 2.25 bits per heavy atom. The molecule has 0 radical (unpaired) electrons. The van der Waals surface area contributed by atoms with Crippen molar-refractivity contribution >= 4 is 23.0 Å². The summed E-state index contributed by atoms with van der Waals surface area (Å²) in [7, 11) is 0. The first kappa shape index (κ1) is 11.3. The van der Waals surface area contributed by atoms with Crippen molar-refractivity contribution in [1.29, 1.82) is 0 Å². The lowest BCUT2D eigenvalue weighted by Crippen LogP contribution is -2.18. The normalized spacial score (nSPS) is 16.9. The fourth-order valence-electron chi connectivity index (χ4n) is 1.58. The summed E-state index contributed by atoms with van der Waals surface area (Å²) in [5.74, 6) is 0.820. The lowest BCUT2D eigenvalue weighted by molar-refractivity contribution is 0.609. The molecular formula is C12H17N3S. The highest BCUT2D eigenvalue weighted by Gasteiger charge is 2.37. The smallest absolute Gasteiger partial charge is 0.136 e. The summed E-state index contributed by atoms with van der Waals surface area (Å²) in [5, 5.41) is 3.36. The molecule has 3 N–H and O–H groups in total. The maximum atomic E-state index is 5.67. The minimum atomic E-state index is 0.399. The van der Waals surface area contributed by atoms with Crippen LogP contribution >= 0.6 is 12.2 Å². The molecule has 1 heterocycles. The standard InChI is InChI=1S/C12H17N3S/c1-8-3-4-9(10(13)16)11(15-8)14-7-12(2)5-6-12/h3-4H,5-7H2,1-2H3,(H2,13,16)(H,14,15). The number of anilines is 1. The zero-order valence-corrected chi connectivity index (χ0v) is 10.5. The first-order chi connectivity index (χ1) is 7.50. The van der Waals surface area contributed by atoms with Gasteiger partial charge < -0.3 is 11.1 Å². The van der Waals surface area contributed by atoms with Crippen LogP contribution in [0.3, 0.4) is 0 Å². The van der Waals surface area contributed by atoms with Crippen LogP contribution in [0.5, 0.6) is 0 Å². The van der Waals surface area contributed by atoms with E-state index in [0.29, 0.717) is 10.4 Å². The Balaban J connectivity index is 2.16. The number of nitrogens with zero attached hydrogens (tertiary/aromatic N) is 1. The molecule has 1 aromatic heterocycles. The van der Waals surface area contributed by atoms with Crippen LogP contribution < -0.4 is 11.1 Å². The molecule has 3 nitrogen and oxygen atoms in total. The third-order valence-corrected chi connectivity index (χ3v) is 3.31. The van der Waals surface area contributed by atoms with Gasteiger partial charge in [-0.2, -0.15) is 0 Å². The van der Waals surface area contributed by atoms with Gasteiger partial charge in [0.1, 0.15) is 10.8 Å². The van der Waals surface area contributed by atoms with E-state index in [-0.39, 0.29) is 0 Å². The van der Waals surface area contributed by atoms with Gasteiger partial charge in [0.05, 0.1) is 5.56 Å². The van der Waals surface area contributed by atoms with Crippen molar-refractivity contribution in [2.24, 2.45) is 11.1 Å². The maximum Gasteiger partial charge on any atom is 0.136 e. The van der Waals surface area contributed by atoms with Gasteiger partial charge in [0.2, 0.25) is 0 Å². The predicted octanol–water partition coefficient (Wildman–Crippen LogP) is 2.24. The van der Waals surface area contributed by atoms with E-state index in [1.54, 1.807) is 0 Å². The minimum absolute atomic E-state index is 0.399. The van der Waals surface area contributed by atoms with Gasteiger partial charge in [-0.3, -0.25) is 0 Å². The van der Waals surface area contributed by atoms with Crippen molar-refractivity contribution < 1.29 is 0 Å². The molecule has 0 unspecified atom stereocenters. The number of nitrogens with one attached hydrogen (secondary N) is 1. The molecule has 0 amide bonds. The third-order valence-electron chi connectivity index (χ3n) is 3.09. The van der Waals surface area contributed by atoms with Gasteiger partial charge in [-0.15, -0.1) is 0 Å². The number of thiocarbonyl (C=S) groups is 1. The van der Waals surface area contributed by atoms with Gasteiger partial charge in [-0.25, -0.2) is 4.98 Å². The van der Waals surface area contributed by atoms with Gasteiger partial charge in [0, 0.05) is 12.2 Å². The summed E-state index contributed by atoms with van der Waals surface area (Å²) < 4.78 is 0. The molecule has 4 heteroatoms. The summed E-state index contributed by atoms with van der Waals surface area (Å²) in [4.78, 5) is 4.85. The lowest BCUT2D eigenvalue weighted by Gasteiger charge is -2.14. The minimum Gasteiger partial charge on any atom is -0.389 e. The second kappa shape index (κ2) is 4.01. The van der Waals surface area contributed by atoms with E-state index in [2.05, 4.69) is 17.2 Å². The molecule has 16 heavy (non-hydrogen) atoms. The van der Waals surface area contributed by atoms with Gasteiger partial charge in [0.15, 0.2) is 0 Å². The summed E-state index contributed by atoms with van der Waals surface area (Å²) in [5.41, 5.74) is 7.93. The molecule has 86 valence electrons. The number of aryl methyl sites for hydroxylation is 1. The fraction of sp³-hybridized carbons (Fsp3) is 0.500. The van der Waals surface area contributed by atoms with Crippen LogP contribution in [0, 0.1) is 12.3 Å². The Morgan fingerprint density at radius 1 is 1.56 bits per heavy atom. The average molecular weight is 235 g/mol. The van der Waals surface area contributed by atoms with Gasteiger partial charge in [0.25, 0.3) is 0 Å². The molecule has 0 aliphatic heterocycles. The van der Waals surface area contributed by atoms with Crippen molar-refractivity contribution in [1.82, 2.24) is 4.98 Å². The molecule has 0 bridgehead atoms. The summed E-state index contributed by atoms with van der Waals surface area (Å²) in [6, 6.07) is 3.86. The van der Waals surface area contributed by atoms with Crippen LogP contribution in [-0.4, -0.2) is 16.5 Å². The zero-order chi connectivity index (χ0) is 11.8. The Hall–Kier alpha value is -1.16. The monoisotopic (exact) mass is 235 g/mol. The van der Waals surface area contributed by atoms with E-state index in [9.17, 15) is 0 Å². The number of hydrogen-bond donors (Lipinski definition) is 2. The Kier molecular flexibility index (Phi) is 2.84. The van der Waals surface area contributed by atoms with E-state index >= 15 is 0 Å². The number of pyridine rings is 1. The quantitative estimate of drug-likeness (QED) is 0.786. The highest BCUT2D eigenvalue weighted by Crippen LogP contribution is 2.44. The molecule has 1 aliphatic carbocycles. The number of rotatable bonds is 4. The largest absolute Gasteiger partial charge is 0.389 e. The van der Waals surface area contributed by atoms with Crippen molar-refractivity contribution in [3.05, 3.63) is 23.4 Å². The summed E-state index contributed by atoms with van der Waals surface area (Å²) in [6.45, 7) is 5.18. The van der Waals surface area contributed by atoms with Crippen LogP contribution in [0.25, 0.3) is 0 Å². The third kappa shape index (κ3) is 2.50. The van der Waals surface area contributed by atoms with E-state index in [4.69, 9.17) is 18.0 Å². The van der Waals surface area contributed by atoms with Gasteiger partial charge >= 0.3 is 0 Å². The molecular weight excluding hydrogens is 218 g/mol. The van der Waals surface area contributed by atoms with Crippen molar-refractivity contribution in [2.45, 2.75) is 26.7 Å². The Bertz CT molecular complexity index is 424. The molecule has 0 saturated heterocycles. The van der Waals surface area contributed by atoms with Gasteiger partial charge in [-0.05, 0) is 37.3 Å². The van der Waals surface area contributed by atoms with Crippen molar-refractivity contribution in [3.63, 3.8) is 0 Å². The average Bonchev–Trinajstić information content (AvgIpc) is 2.94. The first-order valence-corrected chi connectivity index (χ1v) is 5.92. The van der Waals surface area contributed by atoms with Crippen LogP contribution in [0.4, 0.5) is 5.82 Å².